The van der Waals surface area contributed by atoms with Crippen LogP contribution in [-0.4, -0.2) is 32.2 Å². The molecule has 0 aliphatic heterocycles. The van der Waals surface area contributed by atoms with Crippen molar-refractivity contribution in [3.05, 3.63) is 54.1 Å². The lowest BCUT2D eigenvalue weighted by Gasteiger charge is -2.16. The van der Waals surface area contributed by atoms with Gasteiger partial charge in [-0.3, -0.25) is 14.0 Å². The third-order valence-corrected chi connectivity index (χ3v) is 4.83. The molecule has 0 radical (unpaired) electrons. The van der Waals surface area contributed by atoms with Gasteiger partial charge in [0.2, 0.25) is 0 Å². The molecule has 0 aliphatic carbocycles. The van der Waals surface area contributed by atoms with Crippen LogP contribution in [-0.2, 0) is 0 Å². The molecule has 0 fully saturated rings. The van der Waals surface area contributed by atoms with Crippen LogP contribution >= 0.6 is 0 Å². The van der Waals surface area contributed by atoms with Gasteiger partial charge in [-0.15, -0.1) is 0 Å². The quantitative estimate of drug-likeness (QED) is 0.612. The van der Waals surface area contributed by atoms with Gasteiger partial charge < -0.3 is 11.1 Å². The first-order chi connectivity index (χ1) is 13.9. The van der Waals surface area contributed by atoms with E-state index in [0.717, 1.165) is 24.8 Å². The summed E-state index contributed by atoms with van der Waals surface area (Å²) in [4.78, 5) is 33.4. The first-order valence-electron chi connectivity index (χ1n) is 9.91. The predicted octanol–water partition coefficient (Wildman–Crippen LogP) is 3.44. The van der Waals surface area contributed by atoms with E-state index in [2.05, 4.69) is 29.1 Å². The molecular formula is C22H27N5O2. The number of imidazole rings is 1. The zero-order chi connectivity index (χ0) is 21.0. The summed E-state index contributed by atoms with van der Waals surface area (Å²) in [5, 5.41) is 3.05. The number of rotatable bonds is 8. The maximum atomic E-state index is 13.0. The largest absolute Gasteiger partial charge is 0.364 e. The van der Waals surface area contributed by atoms with Gasteiger partial charge in [0.15, 0.2) is 11.3 Å². The highest BCUT2D eigenvalue weighted by Gasteiger charge is 2.20. The standard InChI is InChI=1S/C22H27N5O2/c1-14(2)8-7-9-15(3)25-22(29)18-12-17(16-10-5-4-6-11-16)26-21-19(20(23)28)24-13-27(18)21/h4-6,10-15H,7-9H2,1-3H3,(H2,23,28)(H,25,29)/t15-/m0/s1. The fraction of sp³-hybridized carbons (Fsp3) is 0.364. The summed E-state index contributed by atoms with van der Waals surface area (Å²) in [6.45, 7) is 6.38. The number of amides is 2. The van der Waals surface area contributed by atoms with Crippen LogP contribution in [0.1, 0.15) is 61.0 Å². The molecule has 2 heterocycles. The van der Waals surface area contributed by atoms with Crippen LogP contribution in [0, 0.1) is 5.92 Å². The van der Waals surface area contributed by atoms with Crippen molar-refractivity contribution in [2.24, 2.45) is 11.7 Å². The van der Waals surface area contributed by atoms with E-state index < -0.39 is 5.91 Å². The van der Waals surface area contributed by atoms with Gasteiger partial charge in [0, 0.05) is 11.6 Å². The predicted molar refractivity (Wildman–Crippen MR) is 113 cm³/mol. The van der Waals surface area contributed by atoms with Gasteiger partial charge >= 0.3 is 0 Å². The Labute approximate surface area is 170 Å². The van der Waals surface area contributed by atoms with E-state index in [1.807, 2.05) is 37.3 Å². The Balaban J connectivity index is 1.95. The van der Waals surface area contributed by atoms with E-state index in [1.165, 1.54) is 10.7 Å². The lowest BCUT2D eigenvalue weighted by Crippen LogP contribution is -2.33. The number of fused-ring (bicyclic) bond motifs is 1. The molecule has 0 spiro atoms. The highest BCUT2D eigenvalue weighted by Crippen LogP contribution is 2.21. The zero-order valence-electron chi connectivity index (χ0n) is 17.1. The molecule has 0 saturated carbocycles. The van der Waals surface area contributed by atoms with Crippen LogP contribution in [0.2, 0.25) is 0 Å². The molecule has 29 heavy (non-hydrogen) atoms. The molecule has 3 aromatic rings. The van der Waals surface area contributed by atoms with Crippen molar-refractivity contribution in [2.45, 2.75) is 46.1 Å². The number of hydrogen-bond acceptors (Lipinski definition) is 4. The average molecular weight is 393 g/mol. The lowest BCUT2D eigenvalue weighted by molar-refractivity contribution is 0.0929. The number of nitrogens with zero attached hydrogens (tertiary/aromatic N) is 3. The molecule has 3 N–H and O–H groups in total. The van der Waals surface area contributed by atoms with Crippen molar-refractivity contribution in [3.8, 4) is 11.3 Å². The Morgan fingerprint density at radius 2 is 1.86 bits per heavy atom. The summed E-state index contributed by atoms with van der Waals surface area (Å²) in [7, 11) is 0. The third kappa shape index (κ3) is 4.80. The van der Waals surface area contributed by atoms with E-state index in [-0.39, 0.29) is 23.3 Å². The molecule has 2 amide bonds. The minimum Gasteiger partial charge on any atom is -0.364 e. The molecule has 7 heteroatoms. The normalized spacial score (nSPS) is 12.3. The topological polar surface area (TPSA) is 102 Å². The van der Waals surface area contributed by atoms with Crippen LogP contribution in [0.5, 0.6) is 0 Å². The van der Waals surface area contributed by atoms with Gasteiger partial charge in [-0.2, -0.15) is 0 Å². The Hall–Kier alpha value is -3.22. The van der Waals surface area contributed by atoms with Crippen molar-refractivity contribution in [3.63, 3.8) is 0 Å². The van der Waals surface area contributed by atoms with E-state index in [1.54, 1.807) is 6.07 Å². The summed E-state index contributed by atoms with van der Waals surface area (Å²) in [6.07, 6.45) is 4.49. The van der Waals surface area contributed by atoms with Crippen LogP contribution in [0.25, 0.3) is 16.9 Å². The van der Waals surface area contributed by atoms with Gasteiger partial charge in [-0.05, 0) is 25.3 Å². The first kappa shape index (κ1) is 20.5. The molecule has 1 atom stereocenters. The Kier molecular flexibility index (Phi) is 6.26. The van der Waals surface area contributed by atoms with Crippen molar-refractivity contribution < 1.29 is 9.59 Å². The van der Waals surface area contributed by atoms with Crippen molar-refractivity contribution in [1.82, 2.24) is 19.7 Å². The molecular weight excluding hydrogens is 366 g/mol. The lowest BCUT2D eigenvalue weighted by atomic mass is 10.0. The number of primary amides is 1. The number of aromatic nitrogens is 3. The molecule has 152 valence electrons. The maximum Gasteiger partial charge on any atom is 0.271 e. The fourth-order valence-electron chi connectivity index (χ4n) is 3.28. The number of carbonyl (C=O) groups is 2. The van der Waals surface area contributed by atoms with Gasteiger partial charge in [-0.25, -0.2) is 9.97 Å². The average Bonchev–Trinajstić information content (AvgIpc) is 3.11. The van der Waals surface area contributed by atoms with E-state index >= 15 is 0 Å². The molecule has 7 nitrogen and oxygen atoms in total. The number of carbonyl (C=O) groups excluding carboxylic acids is 2. The van der Waals surface area contributed by atoms with Gasteiger partial charge in [0.1, 0.15) is 12.0 Å². The van der Waals surface area contributed by atoms with Crippen LogP contribution < -0.4 is 11.1 Å². The van der Waals surface area contributed by atoms with Crippen LogP contribution in [0.15, 0.2) is 42.7 Å². The Bertz CT molecular complexity index is 1010. The maximum absolute atomic E-state index is 13.0. The second-order valence-electron chi connectivity index (χ2n) is 7.74. The molecule has 0 bridgehead atoms. The second kappa shape index (κ2) is 8.86. The molecule has 1 aromatic carbocycles. The van der Waals surface area contributed by atoms with Crippen LogP contribution in [0.4, 0.5) is 0 Å². The van der Waals surface area contributed by atoms with Crippen LogP contribution in [0.3, 0.4) is 0 Å². The monoisotopic (exact) mass is 393 g/mol. The highest BCUT2D eigenvalue weighted by atomic mass is 16.2. The molecule has 2 aromatic heterocycles. The van der Waals surface area contributed by atoms with Gasteiger partial charge in [0.25, 0.3) is 11.8 Å². The van der Waals surface area contributed by atoms with E-state index in [4.69, 9.17) is 5.73 Å². The summed E-state index contributed by atoms with van der Waals surface area (Å²) >= 11 is 0. The Morgan fingerprint density at radius 3 is 2.52 bits per heavy atom. The molecule has 0 saturated heterocycles. The SMILES string of the molecule is CC(C)CCC[C@H](C)NC(=O)c1cc(-c2ccccc2)nc2c(C(N)=O)ncn12. The summed E-state index contributed by atoms with van der Waals surface area (Å²) < 4.78 is 1.52. The van der Waals surface area contributed by atoms with Crippen molar-refractivity contribution >= 4 is 17.5 Å². The zero-order valence-corrected chi connectivity index (χ0v) is 17.1. The molecule has 3 rings (SSSR count). The van der Waals surface area contributed by atoms with E-state index in [0.29, 0.717) is 17.3 Å². The minimum atomic E-state index is -0.682. The van der Waals surface area contributed by atoms with Crippen molar-refractivity contribution in [2.75, 3.05) is 0 Å². The summed E-state index contributed by atoms with van der Waals surface area (Å²) in [6, 6.07) is 11.2. The van der Waals surface area contributed by atoms with Crippen molar-refractivity contribution in [1.29, 1.82) is 0 Å². The van der Waals surface area contributed by atoms with E-state index in [9.17, 15) is 9.59 Å². The van der Waals surface area contributed by atoms with Gasteiger partial charge in [0.05, 0.1) is 5.69 Å². The smallest absolute Gasteiger partial charge is 0.271 e. The number of hydrogen-bond donors (Lipinski definition) is 2. The summed E-state index contributed by atoms with van der Waals surface area (Å²) in [5.41, 5.74) is 7.55. The van der Waals surface area contributed by atoms with Gasteiger partial charge in [-0.1, -0.05) is 57.0 Å². The second-order valence-corrected chi connectivity index (χ2v) is 7.74. The Morgan fingerprint density at radius 1 is 1.14 bits per heavy atom. The minimum absolute atomic E-state index is 0.0313. The summed E-state index contributed by atoms with van der Waals surface area (Å²) in [5.74, 6) is -0.275. The number of nitrogens with one attached hydrogen (secondary N) is 1. The molecule has 0 unspecified atom stereocenters. The molecule has 0 aliphatic rings. The highest BCUT2D eigenvalue weighted by molar-refractivity contribution is 5.99. The third-order valence-electron chi connectivity index (χ3n) is 4.83. The number of benzene rings is 1. The number of nitrogens with two attached hydrogens (primary N) is 1. The first-order valence-corrected chi connectivity index (χ1v) is 9.91. The fourth-order valence-corrected chi connectivity index (χ4v) is 3.28.